The largest absolute Gasteiger partial charge is 0.455 e. The molecule has 0 fully saturated rings. The van der Waals surface area contributed by atoms with Crippen molar-refractivity contribution < 1.29 is 4.42 Å². The lowest BCUT2D eigenvalue weighted by molar-refractivity contribution is 0.670. The van der Waals surface area contributed by atoms with Crippen molar-refractivity contribution in [2.75, 3.05) is 9.80 Å². The van der Waals surface area contributed by atoms with Gasteiger partial charge in [0.25, 0.3) is 0 Å². The standard InChI is InChI=1S/C76H51N3O/c1-5-19-52(20-6-1)56-33-40-62(41-34-56)77(63-42-35-57(36-43-63)53-21-7-2-8-22-53)66-48-60(49-67(50-66)78(65-46-39-55-25-13-14-26-59(55)47-65)64-44-37-58(38-45-64)54-23-9-3-10-24-54)70-51-71-68-29-15-17-31-72(68)79(61-27-11-4-12-28-61)75(71)74-69-30-16-18-32-73(69)80-76(70)74/h1-51H. The van der Waals surface area contributed by atoms with Crippen LogP contribution in [0.25, 0.3) is 105 Å². The molecule has 0 spiro atoms. The van der Waals surface area contributed by atoms with Crippen LogP contribution in [0.1, 0.15) is 0 Å². The number of hydrogen-bond acceptors (Lipinski definition) is 3. The van der Waals surface area contributed by atoms with Gasteiger partial charge >= 0.3 is 0 Å². The number of nitrogens with zero attached hydrogens (tertiary/aromatic N) is 3. The molecule has 4 nitrogen and oxygen atoms in total. The van der Waals surface area contributed by atoms with Gasteiger partial charge in [0, 0.05) is 61.5 Å². The predicted molar refractivity (Wildman–Crippen MR) is 337 cm³/mol. The third-order valence-corrected chi connectivity index (χ3v) is 15.7. The number of aromatic nitrogens is 1. The van der Waals surface area contributed by atoms with Crippen molar-refractivity contribution >= 4 is 88.6 Å². The lowest BCUT2D eigenvalue weighted by Gasteiger charge is -2.31. The van der Waals surface area contributed by atoms with E-state index in [4.69, 9.17) is 4.42 Å². The van der Waals surface area contributed by atoms with E-state index in [1.165, 1.54) is 27.5 Å². The summed E-state index contributed by atoms with van der Waals surface area (Å²) in [5.41, 5.74) is 20.1. The van der Waals surface area contributed by atoms with Gasteiger partial charge in [-0.1, -0.05) is 212 Å². The molecule has 0 aliphatic carbocycles. The Labute approximate surface area is 464 Å². The van der Waals surface area contributed by atoms with E-state index in [0.29, 0.717) is 0 Å². The molecule has 15 rings (SSSR count). The Bertz CT molecular complexity index is 4640. The molecule has 2 heterocycles. The van der Waals surface area contributed by atoms with E-state index < -0.39 is 0 Å². The van der Waals surface area contributed by atoms with Crippen LogP contribution >= 0.6 is 0 Å². The zero-order valence-corrected chi connectivity index (χ0v) is 43.7. The molecule has 0 aliphatic heterocycles. The molecular weight excluding hydrogens is 971 g/mol. The SMILES string of the molecule is c1ccc(-c2ccc(N(c3ccc(-c4ccccc4)cc3)c3cc(-c4cc5c6ccccc6n(-c6ccccc6)c5c5c4oc4ccccc45)cc(N(c4ccc(-c5ccccc5)cc4)c4ccc5ccccc5c4)c3)cc2)cc1. The maximum Gasteiger partial charge on any atom is 0.145 e. The molecule has 2 aromatic heterocycles. The predicted octanol–water partition coefficient (Wildman–Crippen LogP) is 21.4. The molecule has 80 heavy (non-hydrogen) atoms. The number of fused-ring (bicyclic) bond motifs is 8. The summed E-state index contributed by atoms with van der Waals surface area (Å²) in [5, 5.41) is 6.82. The fourth-order valence-corrected chi connectivity index (χ4v) is 11.9. The van der Waals surface area contributed by atoms with Gasteiger partial charge in [-0.05, 0) is 147 Å². The maximum atomic E-state index is 7.25. The maximum absolute atomic E-state index is 7.25. The second-order valence-electron chi connectivity index (χ2n) is 20.5. The summed E-state index contributed by atoms with van der Waals surface area (Å²) < 4.78 is 9.66. The van der Waals surface area contributed by atoms with Gasteiger partial charge < -0.3 is 18.8 Å². The molecule has 0 unspecified atom stereocenters. The van der Waals surface area contributed by atoms with E-state index in [-0.39, 0.29) is 0 Å². The van der Waals surface area contributed by atoms with Crippen LogP contribution in [0, 0.1) is 0 Å². The second kappa shape index (κ2) is 19.7. The van der Waals surface area contributed by atoms with Crippen molar-refractivity contribution in [3.05, 3.63) is 309 Å². The van der Waals surface area contributed by atoms with Gasteiger partial charge in [0.1, 0.15) is 11.2 Å². The van der Waals surface area contributed by atoms with E-state index in [1.54, 1.807) is 0 Å². The quantitative estimate of drug-likeness (QED) is 0.129. The minimum atomic E-state index is 0.831. The van der Waals surface area contributed by atoms with Gasteiger partial charge in [0.15, 0.2) is 0 Å². The van der Waals surface area contributed by atoms with Gasteiger partial charge in [0.2, 0.25) is 0 Å². The molecule has 0 atom stereocenters. The Morgan fingerprint density at radius 1 is 0.275 bits per heavy atom. The second-order valence-corrected chi connectivity index (χ2v) is 20.5. The van der Waals surface area contributed by atoms with Crippen LogP contribution in [0.4, 0.5) is 34.1 Å². The summed E-state index contributed by atoms with van der Waals surface area (Å²) in [6, 6.07) is 112. The highest BCUT2D eigenvalue weighted by Gasteiger charge is 2.26. The molecule has 0 radical (unpaired) electrons. The molecule has 0 aliphatic rings. The molecule has 4 heteroatoms. The van der Waals surface area contributed by atoms with Gasteiger partial charge in [0.05, 0.1) is 16.4 Å². The topological polar surface area (TPSA) is 24.6 Å². The van der Waals surface area contributed by atoms with Crippen LogP contribution in [0.3, 0.4) is 0 Å². The molecule has 0 amide bonds. The van der Waals surface area contributed by atoms with E-state index in [2.05, 4.69) is 324 Å². The molecule has 0 saturated carbocycles. The van der Waals surface area contributed by atoms with Crippen molar-refractivity contribution in [1.29, 1.82) is 0 Å². The summed E-state index contributed by atoms with van der Waals surface area (Å²) in [5.74, 6) is 0. The van der Waals surface area contributed by atoms with E-state index in [0.717, 1.165) is 111 Å². The third-order valence-electron chi connectivity index (χ3n) is 15.7. The van der Waals surface area contributed by atoms with Crippen LogP contribution in [0.5, 0.6) is 0 Å². The van der Waals surface area contributed by atoms with Crippen molar-refractivity contribution in [3.63, 3.8) is 0 Å². The molecule has 15 aromatic rings. The number of rotatable bonds is 11. The van der Waals surface area contributed by atoms with Gasteiger partial charge in [-0.25, -0.2) is 0 Å². The van der Waals surface area contributed by atoms with E-state index >= 15 is 0 Å². The zero-order chi connectivity index (χ0) is 52.9. The minimum absolute atomic E-state index is 0.831. The number of hydrogen-bond donors (Lipinski definition) is 0. The highest BCUT2D eigenvalue weighted by molar-refractivity contribution is 6.27. The Morgan fingerprint density at radius 3 is 1.27 bits per heavy atom. The van der Waals surface area contributed by atoms with E-state index in [1.807, 2.05) is 0 Å². The van der Waals surface area contributed by atoms with Crippen molar-refractivity contribution in [3.8, 4) is 50.2 Å². The molecule has 0 saturated heterocycles. The smallest absolute Gasteiger partial charge is 0.145 e. The Hall–Kier alpha value is -10.7. The summed E-state index contributed by atoms with van der Waals surface area (Å²) >= 11 is 0. The first kappa shape index (κ1) is 46.6. The molecule has 0 bridgehead atoms. The summed E-state index contributed by atoms with van der Waals surface area (Å²) in [4.78, 5) is 4.82. The van der Waals surface area contributed by atoms with E-state index in [9.17, 15) is 0 Å². The number of benzene rings is 13. The first-order valence-electron chi connectivity index (χ1n) is 27.3. The van der Waals surface area contributed by atoms with Gasteiger partial charge in [-0.3, -0.25) is 0 Å². The monoisotopic (exact) mass is 1020 g/mol. The Kier molecular flexibility index (Phi) is 11.5. The molecule has 0 N–H and O–H groups in total. The average Bonchev–Trinajstić information content (AvgIpc) is 4.26. The fourth-order valence-electron chi connectivity index (χ4n) is 11.9. The Balaban J connectivity index is 1.03. The highest BCUT2D eigenvalue weighted by Crippen LogP contribution is 2.49. The summed E-state index contributed by atoms with van der Waals surface area (Å²) in [6.07, 6.45) is 0. The molecule has 376 valence electrons. The number of anilines is 6. The highest BCUT2D eigenvalue weighted by atomic mass is 16.3. The zero-order valence-electron chi connectivity index (χ0n) is 43.7. The number of para-hydroxylation sites is 3. The Morgan fingerprint density at radius 2 is 0.713 bits per heavy atom. The average molecular weight is 1020 g/mol. The molecule has 13 aromatic carbocycles. The first-order valence-corrected chi connectivity index (χ1v) is 27.3. The lowest BCUT2D eigenvalue weighted by atomic mass is 9.96. The fraction of sp³-hybridized carbons (Fsp3) is 0. The van der Waals surface area contributed by atoms with Crippen molar-refractivity contribution in [1.82, 2.24) is 4.57 Å². The summed E-state index contributed by atoms with van der Waals surface area (Å²) in [6.45, 7) is 0. The van der Waals surface area contributed by atoms with Gasteiger partial charge in [-0.15, -0.1) is 0 Å². The van der Waals surface area contributed by atoms with Crippen LogP contribution in [-0.4, -0.2) is 4.57 Å². The van der Waals surface area contributed by atoms with Crippen molar-refractivity contribution in [2.24, 2.45) is 0 Å². The van der Waals surface area contributed by atoms with Crippen LogP contribution in [-0.2, 0) is 0 Å². The van der Waals surface area contributed by atoms with Crippen LogP contribution in [0.2, 0.25) is 0 Å². The van der Waals surface area contributed by atoms with Crippen molar-refractivity contribution in [2.45, 2.75) is 0 Å². The minimum Gasteiger partial charge on any atom is -0.455 e. The van der Waals surface area contributed by atoms with Crippen LogP contribution < -0.4 is 9.80 Å². The molecular formula is C76H51N3O. The van der Waals surface area contributed by atoms with Crippen LogP contribution in [0.15, 0.2) is 314 Å². The number of furan rings is 1. The third kappa shape index (κ3) is 8.26. The summed E-state index contributed by atoms with van der Waals surface area (Å²) in [7, 11) is 0. The lowest BCUT2D eigenvalue weighted by Crippen LogP contribution is -2.14. The first-order chi connectivity index (χ1) is 39.7. The van der Waals surface area contributed by atoms with Gasteiger partial charge in [-0.2, -0.15) is 0 Å². The normalized spacial score (nSPS) is 11.5.